The maximum atomic E-state index is 14.1. The highest BCUT2D eigenvalue weighted by Gasteiger charge is 2.21. The smallest absolute Gasteiger partial charge is 0.251 e. The monoisotopic (exact) mass is 494 g/mol. The van der Waals surface area contributed by atoms with Crippen molar-refractivity contribution in [1.82, 2.24) is 5.32 Å². The summed E-state index contributed by atoms with van der Waals surface area (Å²) in [6.07, 6.45) is 6.47. The maximum absolute atomic E-state index is 14.1. The number of rotatable bonds is 8. The lowest BCUT2D eigenvalue weighted by molar-refractivity contribution is 0.0935. The first kappa shape index (κ1) is 24.9. The zero-order valence-electron chi connectivity index (χ0n) is 20.1. The summed E-state index contributed by atoms with van der Waals surface area (Å²) in [4.78, 5) is 13.0. The van der Waals surface area contributed by atoms with Gasteiger partial charge in [0, 0.05) is 11.1 Å². The zero-order chi connectivity index (χ0) is 25.0. The topological polar surface area (TPSA) is 66.5 Å². The van der Waals surface area contributed by atoms with Gasteiger partial charge in [0.05, 0.1) is 24.5 Å². The molecule has 0 spiro atoms. The van der Waals surface area contributed by atoms with E-state index in [1.165, 1.54) is 30.0 Å². The van der Waals surface area contributed by atoms with Gasteiger partial charge in [-0.2, -0.15) is 0 Å². The molecule has 0 bridgehead atoms. The van der Waals surface area contributed by atoms with Crippen LogP contribution in [-0.2, 0) is 29.4 Å². The van der Waals surface area contributed by atoms with Crippen LogP contribution in [0.15, 0.2) is 66.7 Å². The number of carbonyl (C=O) groups is 1. The highest BCUT2D eigenvalue weighted by atomic mass is 32.2. The molecule has 3 aromatic rings. The number of benzene rings is 3. The third-order valence-electron chi connectivity index (χ3n) is 6.58. The fourth-order valence-corrected chi connectivity index (χ4v) is 5.47. The van der Waals surface area contributed by atoms with Crippen LogP contribution in [0.4, 0.5) is 10.1 Å². The third-order valence-corrected chi connectivity index (χ3v) is 7.72. The first-order valence-corrected chi connectivity index (χ1v) is 13.8. The van der Waals surface area contributed by atoms with E-state index in [1.54, 1.807) is 42.5 Å². The van der Waals surface area contributed by atoms with Crippen molar-refractivity contribution in [3.8, 4) is 0 Å². The average Bonchev–Trinajstić information content (AvgIpc) is 2.86. The van der Waals surface area contributed by atoms with E-state index in [4.69, 9.17) is 0 Å². The Kier molecular flexibility index (Phi) is 7.55. The van der Waals surface area contributed by atoms with Crippen molar-refractivity contribution < 1.29 is 17.6 Å². The van der Waals surface area contributed by atoms with Gasteiger partial charge in [0.2, 0.25) is 10.0 Å². The molecule has 0 fully saturated rings. The van der Waals surface area contributed by atoms with Crippen molar-refractivity contribution in [2.24, 2.45) is 0 Å². The van der Waals surface area contributed by atoms with E-state index in [0.29, 0.717) is 11.3 Å². The first-order chi connectivity index (χ1) is 16.8. The molecule has 1 N–H and O–H groups in total. The third kappa shape index (κ3) is 5.90. The van der Waals surface area contributed by atoms with Gasteiger partial charge in [-0.1, -0.05) is 43.3 Å². The van der Waals surface area contributed by atoms with Crippen molar-refractivity contribution in [3.05, 3.63) is 100 Å². The van der Waals surface area contributed by atoms with Crippen LogP contribution in [0.25, 0.3) is 0 Å². The molecule has 1 amide bonds. The molecule has 7 heteroatoms. The lowest BCUT2D eigenvalue weighted by Crippen LogP contribution is -2.30. The highest BCUT2D eigenvalue weighted by molar-refractivity contribution is 7.92. The number of nitrogens with zero attached hydrogens (tertiary/aromatic N) is 1. The molecule has 5 nitrogen and oxygen atoms in total. The van der Waals surface area contributed by atoms with Gasteiger partial charge in [-0.05, 0) is 79.1 Å². The van der Waals surface area contributed by atoms with E-state index in [0.717, 1.165) is 35.4 Å². The summed E-state index contributed by atoms with van der Waals surface area (Å²) < 4.78 is 40.1. The summed E-state index contributed by atoms with van der Waals surface area (Å²) in [5.41, 5.74) is 4.96. The number of halogens is 1. The zero-order valence-corrected chi connectivity index (χ0v) is 20.9. The summed E-state index contributed by atoms with van der Waals surface area (Å²) in [7, 11) is -3.67. The van der Waals surface area contributed by atoms with Crippen molar-refractivity contribution in [2.45, 2.75) is 51.6 Å². The number of carbonyl (C=O) groups excluding carboxylic acids is 1. The maximum Gasteiger partial charge on any atom is 0.251 e. The van der Waals surface area contributed by atoms with Crippen LogP contribution in [0.3, 0.4) is 0 Å². The molecule has 184 valence electrons. The van der Waals surface area contributed by atoms with Crippen molar-refractivity contribution >= 4 is 21.6 Å². The molecular weight excluding hydrogens is 463 g/mol. The quantitative estimate of drug-likeness (QED) is 0.446. The molecule has 1 aliphatic carbocycles. The second-order valence-electron chi connectivity index (χ2n) is 9.08. The average molecular weight is 495 g/mol. The van der Waals surface area contributed by atoms with Gasteiger partial charge in [0.15, 0.2) is 0 Å². The summed E-state index contributed by atoms with van der Waals surface area (Å²) in [6.45, 7) is 1.91. The summed E-state index contributed by atoms with van der Waals surface area (Å²) in [5.74, 6) is -0.689. The lowest BCUT2D eigenvalue weighted by atomic mass is 9.88. The van der Waals surface area contributed by atoms with Crippen molar-refractivity contribution in [3.63, 3.8) is 0 Å². The molecule has 0 aliphatic heterocycles. The van der Waals surface area contributed by atoms with Gasteiger partial charge < -0.3 is 5.32 Å². The van der Waals surface area contributed by atoms with E-state index >= 15 is 0 Å². The van der Waals surface area contributed by atoms with E-state index in [-0.39, 0.29) is 24.1 Å². The summed E-state index contributed by atoms with van der Waals surface area (Å²) >= 11 is 0. The highest BCUT2D eigenvalue weighted by Crippen LogP contribution is 2.27. The predicted molar refractivity (Wildman–Crippen MR) is 137 cm³/mol. The van der Waals surface area contributed by atoms with Crippen LogP contribution >= 0.6 is 0 Å². The fraction of sp³-hybridized carbons (Fsp3) is 0.321. The molecule has 0 aromatic heterocycles. The van der Waals surface area contributed by atoms with Crippen LogP contribution in [0, 0.1) is 5.82 Å². The molecule has 0 unspecified atom stereocenters. The molecule has 35 heavy (non-hydrogen) atoms. The van der Waals surface area contributed by atoms with Crippen LogP contribution < -0.4 is 9.62 Å². The van der Waals surface area contributed by atoms with Gasteiger partial charge >= 0.3 is 0 Å². The molecule has 1 aliphatic rings. The molecule has 3 aromatic carbocycles. The van der Waals surface area contributed by atoms with Gasteiger partial charge in [0.25, 0.3) is 5.91 Å². The molecule has 0 saturated carbocycles. The van der Waals surface area contributed by atoms with Gasteiger partial charge in [-0.25, -0.2) is 12.8 Å². The van der Waals surface area contributed by atoms with E-state index in [9.17, 15) is 17.6 Å². The van der Waals surface area contributed by atoms with E-state index in [1.807, 2.05) is 6.92 Å². The Bertz CT molecular complexity index is 1310. The predicted octanol–water partition coefficient (Wildman–Crippen LogP) is 5.55. The SMILES string of the molecule is CC[C@H](NC(=O)c1ccc(N(Cc2ccccc2F)S(C)(=O)=O)cc1)c1ccc2c(c1)CCCC2. The Labute approximate surface area is 207 Å². The standard InChI is InChI=1S/C28H31FN2O3S/c1-3-27(23-13-12-20-8-4-5-9-22(20)18-23)30-28(32)21-14-16-25(17-15-21)31(35(2,33)34)19-24-10-6-7-11-26(24)29/h6-7,10-18,27H,3-5,8-9,19H2,1-2H3,(H,30,32)/t27-/m0/s1. The number of hydrogen-bond acceptors (Lipinski definition) is 3. The number of anilines is 1. The molecular formula is C28H31FN2O3S. The Morgan fingerprint density at radius 2 is 1.69 bits per heavy atom. The van der Waals surface area contributed by atoms with Crippen molar-refractivity contribution in [1.29, 1.82) is 0 Å². The number of aryl methyl sites for hydroxylation is 2. The molecule has 0 saturated heterocycles. The largest absolute Gasteiger partial charge is 0.345 e. The van der Waals surface area contributed by atoms with Gasteiger partial charge in [0.1, 0.15) is 5.82 Å². The number of hydrogen-bond donors (Lipinski definition) is 1. The first-order valence-electron chi connectivity index (χ1n) is 12.0. The second kappa shape index (κ2) is 10.6. The number of fused-ring (bicyclic) bond motifs is 1. The van der Waals surface area contributed by atoms with Crippen LogP contribution in [-0.4, -0.2) is 20.6 Å². The molecule has 1 atom stereocenters. The van der Waals surface area contributed by atoms with Crippen LogP contribution in [0.2, 0.25) is 0 Å². The Morgan fingerprint density at radius 3 is 2.34 bits per heavy atom. The lowest BCUT2D eigenvalue weighted by Gasteiger charge is -2.23. The fourth-order valence-electron chi connectivity index (χ4n) is 4.59. The number of amides is 1. The van der Waals surface area contributed by atoms with Crippen LogP contribution in [0.5, 0.6) is 0 Å². The minimum absolute atomic E-state index is 0.108. The Balaban J connectivity index is 1.50. The minimum atomic E-state index is -3.67. The molecule has 4 rings (SSSR count). The van der Waals surface area contributed by atoms with Crippen LogP contribution in [0.1, 0.15) is 64.8 Å². The number of sulfonamides is 1. The summed E-state index contributed by atoms with van der Waals surface area (Å²) in [5, 5.41) is 3.11. The van der Waals surface area contributed by atoms with Gasteiger partial charge in [-0.3, -0.25) is 9.10 Å². The second-order valence-corrected chi connectivity index (χ2v) is 11.0. The number of nitrogens with one attached hydrogen (secondary N) is 1. The summed E-state index contributed by atoms with van der Waals surface area (Å²) in [6, 6.07) is 18.8. The Hall–Kier alpha value is -3.19. The normalized spacial score (nSPS) is 14.1. The van der Waals surface area contributed by atoms with Crippen molar-refractivity contribution in [2.75, 3.05) is 10.6 Å². The Morgan fingerprint density at radius 1 is 1.00 bits per heavy atom. The van der Waals surface area contributed by atoms with Gasteiger partial charge in [-0.15, -0.1) is 0 Å². The minimum Gasteiger partial charge on any atom is -0.345 e. The van der Waals surface area contributed by atoms with E-state index in [2.05, 4.69) is 23.5 Å². The molecule has 0 heterocycles. The van der Waals surface area contributed by atoms with E-state index < -0.39 is 15.8 Å². The molecule has 0 radical (unpaired) electrons.